The molecule has 106 valence electrons. The molecule has 0 saturated heterocycles. The Kier molecular flexibility index (Phi) is 3.21. The molecule has 3 aromatic carbocycles. The molecule has 0 aliphatic carbocycles. The van der Waals surface area contributed by atoms with Crippen molar-refractivity contribution < 1.29 is 4.42 Å². The average molecular weight is 305 g/mol. The summed E-state index contributed by atoms with van der Waals surface area (Å²) < 4.78 is 6.14. The minimum absolute atomic E-state index is 0.710. The van der Waals surface area contributed by atoms with Crippen LogP contribution in [0.3, 0.4) is 0 Å². The molecule has 0 N–H and O–H groups in total. The molecule has 0 atom stereocenters. The summed E-state index contributed by atoms with van der Waals surface area (Å²) in [6, 6.07) is 26.1. The molecule has 4 rings (SSSR count). The lowest BCUT2D eigenvalue weighted by molar-refractivity contribution is 0.632. The standard InChI is InChI=1S/C20H13ClO/c21-16-12-7-13-17-19(16)18(14-8-3-1-4-9-14)20(22-17)15-10-5-2-6-11-15/h1-13H. The molecule has 0 aliphatic rings. The minimum atomic E-state index is 0.710. The van der Waals surface area contributed by atoms with Gasteiger partial charge in [-0.15, -0.1) is 0 Å². The zero-order valence-electron chi connectivity index (χ0n) is 11.8. The number of fused-ring (bicyclic) bond motifs is 1. The molecule has 22 heavy (non-hydrogen) atoms. The third kappa shape index (κ3) is 2.11. The van der Waals surface area contributed by atoms with Crippen LogP contribution in [0.15, 0.2) is 83.3 Å². The number of furan rings is 1. The molecule has 1 nitrogen and oxygen atoms in total. The summed E-state index contributed by atoms with van der Waals surface area (Å²) in [5.41, 5.74) is 4.01. The first-order valence-corrected chi connectivity index (χ1v) is 7.54. The Hall–Kier alpha value is -2.51. The van der Waals surface area contributed by atoms with Gasteiger partial charge < -0.3 is 4.42 Å². The number of hydrogen-bond donors (Lipinski definition) is 0. The number of halogens is 1. The Morgan fingerprint density at radius 1 is 0.636 bits per heavy atom. The van der Waals surface area contributed by atoms with Crippen LogP contribution < -0.4 is 0 Å². The van der Waals surface area contributed by atoms with Crippen LogP contribution >= 0.6 is 11.6 Å². The number of benzene rings is 3. The third-order valence-corrected chi connectivity index (χ3v) is 4.08. The summed E-state index contributed by atoms with van der Waals surface area (Å²) in [7, 11) is 0. The normalized spacial score (nSPS) is 11.0. The zero-order valence-corrected chi connectivity index (χ0v) is 12.5. The molecule has 2 heteroatoms. The lowest BCUT2D eigenvalue weighted by Crippen LogP contribution is -1.81. The fourth-order valence-electron chi connectivity index (χ4n) is 2.78. The van der Waals surface area contributed by atoms with E-state index in [4.69, 9.17) is 16.0 Å². The summed E-state index contributed by atoms with van der Waals surface area (Å²) in [5, 5.41) is 1.68. The van der Waals surface area contributed by atoms with Crippen molar-refractivity contribution in [3.05, 3.63) is 83.9 Å². The second-order valence-electron chi connectivity index (χ2n) is 5.15. The quantitative estimate of drug-likeness (QED) is 0.416. The smallest absolute Gasteiger partial charge is 0.143 e. The summed E-state index contributed by atoms with van der Waals surface area (Å²) in [6.45, 7) is 0. The van der Waals surface area contributed by atoms with Gasteiger partial charge >= 0.3 is 0 Å². The molecule has 0 fully saturated rings. The van der Waals surface area contributed by atoms with Crippen LogP contribution in [-0.4, -0.2) is 0 Å². The number of rotatable bonds is 2. The van der Waals surface area contributed by atoms with Gasteiger partial charge in [-0.3, -0.25) is 0 Å². The first kappa shape index (κ1) is 13.2. The second kappa shape index (κ2) is 5.36. The van der Waals surface area contributed by atoms with Crippen molar-refractivity contribution >= 4 is 22.6 Å². The van der Waals surface area contributed by atoms with Gasteiger partial charge in [0.15, 0.2) is 0 Å². The van der Waals surface area contributed by atoms with E-state index in [1.165, 1.54) is 0 Å². The summed E-state index contributed by atoms with van der Waals surface area (Å²) in [4.78, 5) is 0. The van der Waals surface area contributed by atoms with Gasteiger partial charge in [0.05, 0.1) is 5.02 Å². The van der Waals surface area contributed by atoms with Crippen molar-refractivity contribution in [2.75, 3.05) is 0 Å². The van der Waals surface area contributed by atoms with E-state index in [1.807, 2.05) is 54.6 Å². The van der Waals surface area contributed by atoms with Gasteiger partial charge in [0.25, 0.3) is 0 Å². The van der Waals surface area contributed by atoms with Crippen LogP contribution in [-0.2, 0) is 0 Å². The summed E-state index contributed by atoms with van der Waals surface area (Å²) in [5.74, 6) is 0.856. The maximum atomic E-state index is 6.45. The Balaban J connectivity index is 2.11. The van der Waals surface area contributed by atoms with E-state index in [2.05, 4.69) is 24.3 Å². The van der Waals surface area contributed by atoms with Gasteiger partial charge in [0, 0.05) is 16.5 Å². The van der Waals surface area contributed by atoms with E-state index in [9.17, 15) is 0 Å². The molecule has 0 radical (unpaired) electrons. The monoisotopic (exact) mass is 304 g/mol. The lowest BCUT2D eigenvalue weighted by Gasteiger charge is -2.04. The summed E-state index contributed by atoms with van der Waals surface area (Å²) >= 11 is 6.45. The van der Waals surface area contributed by atoms with Gasteiger partial charge in [0.2, 0.25) is 0 Å². The highest BCUT2D eigenvalue weighted by Gasteiger charge is 2.19. The van der Waals surface area contributed by atoms with E-state index in [0.29, 0.717) is 5.02 Å². The van der Waals surface area contributed by atoms with Crippen molar-refractivity contribution in [2.45, 2.75) is 0 Å². The fourth-order valence-corrected chi connectivity index (χ4v) is 3.04. The van der Waals surface area contributed by atoms with Gasteiger partial charge in [-0.2, -0.15) is 0 Å². The molecule has 0 bridgehead atoms. The van der Waals surface area contributed by atoms with Crippen molar-refractivity contribution in [1.29, 1.82) is 0 Å². The SMILES string of the molecule is Clc1cccc2oc(-c3ccccc3)c(-c3ccccc3)c12. The average Bonchev–Trinajstić information content (AvgIpc) is 2.97. The van der Waals surface area contributed by atoms with Crippen LogP contribution in [0.2, 0.25) is 5.02 Å². The van der Waals surface area contributed by atoms with Crippen molar-refractivity contribution in [1.82, 2.24) is 0 Å². The maximum absolute atomic E-state index is 6.45. The Morgan fingerprint density at radius 2 is 1.27 bits per heavy atom. The molecule has 1 aromatic heterocycles. The fraction of sp³-hybridized carbons (Fsp3) is 0. The van der Waals surface area contributed by atoms with E-state index < -0.39 is 0 Å². The first-order valence-electron chi connectivity index (χ1n) is 7.16. The molecular weight excluding hydrogens is 292 g/mol. The van der Waals surface area contributed by atoms with Crippen LogP contribution in [0.25, 0.3) is 33.4 Å². The Morgan fingerprint density at radius 3 is 1.95 bits per heavy atom. The van der Waals surface area contributed by atoms with Crippen LogP contribution in [0.5, 0.6) is 0 Å². The van der Waals surface area contributed by atoms with Gasteiger partial charge in [0.1, 0.15) is 11.3 Å². The lowest BCUT2D eigenvalue weighted by atomic mass is 9.99. The van der Waals surface area contributed by atoms with Crippen LogP contribution in [0, 0.1) is 0 Å². The minimum Gasteiger partial charge on any atom is -0.455 e. The molecular formula is C20H13ClO. The predicted octanol–water partition coefficient (Wildman–Crippen LogP) is 6.42. The van der Waals surface area contributed by atoms with E-state index in [1.54, 1.807) is 0 Å². The van der Waals surface area contributed by atoms with E-state index in [-0.39, 0.29) is 0 Å². The Labute approximate surface area is 133 Å². The van der Waals surface area contributed by atoms with Gasteiger partial charge in [-0.05, 0) is 17.7 Å². The predicted molar refractivity (Wildman–Crippen MR) is 92.1 cm³/mol. The second-order valence-corrected chi connectivity index (χ2v) is 5.56. The molecule has 1 heterocycles. The molecule has 0 saturated carbocycles. The van der Waals surface area contributed by atoms with Crippen LogP contribution in [0.1, 0.15) is 0 Å². The zero-order chi connectivity index (χ0) is 14.9. The van der Waals surface area contributed by atoms with E-state index >= 15 is 0 Å². The highest BCUT2D eigenvalue weighted by molar-refractivity contribution is 6.36. The largest absolute Gasteiger partial charge is 0.455 e. The Bertz CT molecular complexity index is 924. The molecule has 0 amide bonds. The van der Waals surface area contributed by atoms with Gasteiger partial charge in [-0.25, -0.2) is 0 Å². The first-order chi connectivity index (χ1) is 10.8. The topological polar surface area (TPSA) is 13.1 Å². The van der Waals surface area contributed by atoms with Crippen molar-refractivity contribution in [2.24, 2.45) is 0 Å². The summed E-state index contributed by atoms with van der Waals surface area (Å²) in [6.07, 6.45) is 0. The highest BCUT2D eigenvalue weighted by Crippen LogP contribution is 2.43. The molecule has 4 aromatic rings. The highest BCUT2D eigenvalue weighted by atomic mass is 35.5. The third-order valence-electron chi connectivity index (χ3n) is 3.76. The van der Waals surface area contributed by atoms with E-state index in [0.717, 1.165) is 33.4 Å². The molecule has 0 aliphatic heterocycles. The maximum Gasteiger partial charge on any atom is 0.143 e. The molecule has 0 spiro atoms. The van der Waals surface area contributed by atoms with Crippen LogP contribution in [0.4, 0.5) is 0 Å². The number of hydrogen-bond acceptors (Lipinski definition) is 1. The van der Waals surface area contributed by atoms with Crippen molar-refractivity contribution in [3.63, 3.8) is 0 Å². The van der Waals surface area contributed by atoms with Gasteiger partial charge in [-0.1, -0.05) is 78.3 Å². The molecule has 0 unspecified atom stereocenters. The van der Waals surface area contributed by atoms with Crippen molar-refractivity contribution in [3.8, 4) is 22.5 Å².